The van der Waals surface area contributed by atoms with Gasteiger partial charge in [-0.2, -0.15) is 0 Å². The maximum atomic E-state index is 12.5. The van der Waals surface area contributed by atoms with Gasteiger partial charge in [-0.15, -0.1) is 11.3 Å². The quantitative estimate of drug-likeness (QED) is 0.875. The molecule has 116 valence electrons. The van der Waals surface area contributed by atoms with Gasteiger partial charge in [0.15, 0.2) is 0 Å². The number of ether oxygens (including phenoxy) is 1. The number of carboxylic acids is 1. The largest absolute Gasteiger partial charge is 0.480 e. The topological polar surface area (TPSA) is 70.1 Å². The second-order valence-electron chi connectivity index (χ2n) is 5.27. The Kier molecular flexibility index (Phi) is 5.33. The molecule has 21 heavy (non-hydrogen) atoms. The summed E-state index contributed by atoms with van der Waals surface area (Å²) in [4.78, 5) is 27.4. The van der Waals surface area contributed by atoms with Crippen LogP contribution in [-0.4, -0.2) is 72.7 Å². The molecular formula is C14H20N2O4S. The van der Waals surface area contributed by atoms with E-state index in [-0.39, 0.29) is 18.6 Å². The van der Waals surface area contributed by atoms with Crippen molar-refractivity contribution in [3.05, 3.63) is 21.9 Å². The number of thiophene rings is 1. The van der Waals surface area contributed by atoms with E-state index in [2.05, 4.69) is 0 Å². The van der Waals surface area contributed by atoms with Gasteiger partial charge in [0.05, 0.1) is 24.1 Å². The summed E-state index contributed by atoms with van der Waals surface area (Å²) >= 11 is 1.45. The van der Waals surface area contributed by atoms with Crippen molar-refractivity contribution in [3.8, 4) is 0 Å². The highest BCUT2D eigenvalue weighted by molar-refractivity contribution is 7.12. The van der Waals surface area contributed by atoms with Crippen LogP contribution in [0.15, 0.2) is 11.4 Å². The Morgan fingerprint density at radius 3 is 2.95 bits per heavy atom. The Morgan fingerprint density at radius 1 is 1.57 bits per heavy atom. The van der Waals surface area contributed by atoms with E-state index in [1.807, 2.05) is 18.4 Å². The summed E-state index contributed by atoms with van der Waals surface area (Å²) in [6, 6.07) is 1.94. The van der Waals surface area contributed by atoms with Crippen molar-refractivity contribution in [1.82, 2.24) is 9.80 Å². The summed E-state index contributed by atoms with van der Waals surface area (Å²) in [5, 5.41) is 10.7. The van der Waals surface area contributed by atoms with Crippen molar-refractivity contribution in [2.75, 3.05) is 39.8 Å². The van der Waals surface area contributed by atoms with Crippen molar-refractivity contribution in [3.63, 3.8) is 0 Å². The molecule has 0 saturated carbocycles. The minimum absolute atomic E-state index is 0.0299. The summed E-state index contributed by atoms with van der Waals surface area (Å²) < 4.78 is 5.63. The molecule has 1 aromatic rings. The SMILES string of the molecule is Cc1ccsc1C(=O)N1CCOC(CN(C)CC(=O)O)C1. The Bertz CT molecular complexity index is 517. The van der Waals surface area contributed by atoms with Gasteiger partial charge in [0.2, 0.25) is 0 Å². The number of hydrogen-bond acceptors (Lipinski definition) is 5. The van der Waals surface area contributed by atoms with Gasteiger partial charge in [-0.1, -0.05) is 0 Å². The predicted molar refractivity (Wildman–Crippen MR) is 79.8 cm³/mol. The molecule has 1 fully saturated rings. The number of amides is 1. The highest BCUT2D eigenvalue weighted by Gasteiger charge is 2.27. The van der Waals surface area contributed by atoms with Crippen LogP contribution in [0.4, 0.5) is 0 Å². The fourth-order valence-corrected chi connectivity index (χ4v) is 3.28. The third-order valence-corrected chi connectivity index (χ3v) is 4.41. The minimum atomic E-state index is -0.865. The maximum absolute atomic E-state index is 12.5. The van der Waals surface area contributed by atoms with Crippen molar-refractivity contribution in [2.24, 2.45) is 0 Å². The predicted octanol–water partition coefficient (Wildman–Crippen LogP) is 0.914. The fourth-order valence-electron chi connectivity index (χ4n) is 2.39. The third kappa shape index (κ3) is 4.26. The fraction of sp³-hybridized carbons (Fsp3) is 0.571. The monoisotopic (exact) mass is 312 g/mol. The Hall–Kier alpha value is -1.44. The normalized spacial score (nSPS) is 19.0. The number of hydrogen-bond donors (Lipinski definition) is 1. The molecule has 0 aliphatic carbocycles. The van der Waals surface area contributed by atoms with Crippen LogP contribution in [0.2, 0.25) is 0 Å². The minimum Gasteiger partial charge on any atom is -0.480 e. The second-order valence-corrected chi connectivity index (χ2v) is 6.18. The standard InChI is InChI=1S/C14H20N2O4S/c1-10-3-6-21-13(10)14(19)16-4-5-20-11(8-16)7-15(2)9-12(17)18/h3,6,11H,4-5,7-9H2,1-2H3,(H,17,18). The van der Waals surface area contributed by atoms with Gasteiger partial charge < -0.3 is 14.7 Å². The zero-order valence-electron chi connectivity index (χ0n) is 12.2. The van der Waals surface area contributed by atoms with E-state index in [0.717, 1.165) is 10.4 Å². The van der Waals surface area contributed by atoms with Crippen LogP contribution in [0.3, 0.4) is 0 Å². The number of carboxylic acid groups (broad SMARTS) is 1. The molecule has 0 spiro atoms. The highest BCUT2D eigenvalue weighted by atomic mass is 32.1. The van der Waals surface area contributed by atoms with Gasteiger partial charge in [-0.3, -0.25) is 14.5 Å². The second kappa shape index (κ2) is 7.02. The van der Waals surface area contributed by atoms with E-state index in [4.69, 9.17) is 9.84 Å². The lowest BCUT2D eigenvalue weighted by molar-refractivity contribution is -0.138. The van der Waals surface area contributed by atoms with Gasteiger partial charge in [0, 0.05) is 19.6 Å². The number of nitrogens with zero attached hydrogens (tertiary/aromatic N) is 2. The molecule has 1 aliphatic heterocycles. The third-order valence-electron chi connectivity index (χ3n) is 3.40. The van der Waals surface area contributed by atoms with Crippen LogP contribution in [0.5, 0.6) is 0 Å². The Labute approximate surface area is 127 Å². The van der Waals surface area contributed by atoms with Crippen LogP contribution >= 0.6 is 11.3 Å². The average Bonchev–Trinajstić information content (AvgIpc) is 2.83. The number of likely N-dealkylation sites (N-methyl/N-ethyl adjacent to an activating group) is 1. The Morgan fingerprint density at radius 2 is 2.33 bits per heavy atom. The number of aryl methyl sites for hydroxylation is 1. The summed E-state index contributed by atoms with van der Waals surface area (Å²) in [7, 11) is 1.74. The van der Waals surface area contributed by atoms with E-state index in [1.165, 1.54) is 11.3 Å². The molecule has 1 saturated heterocycles. The summed E-state index contributed by atoms with van der Waals surface area (Å²) in [5.41, 5.74) is 0.996. The lowest BCUT2D eigenvalue weighted by Crippen LogP contribution is -2.49. The molecule has 1 amide bonds. The molecule has 1 aliphatic rings. The molecule has 0 radical (unpaired) electrons. The molecule has 2 rings (SSSR count). The first-order valence-corrected chi connectivity index (χ1v) is 7.70. The first-order valence-electron chi connectivity index (χ1n) is 6.82. The van der Waals surface area contributed by atoms with Crippen molar-refractivity contribution < 1.29 is 19.4 Å². The van der Waals surface area contributed by atoms with Crippen molar-refractivity contribution in [1.29, 1.82) is 0 Å². The zero-order valence-corrected chi connectivity index (χ0v) is 13.1. The van der Waals surface area contributed by atoms with Gasteiger partial charge in [0.25, 0.3) is 5.91 Å². The maximum Gasteiger partial charge on any atom is 0.317 e. The first-order chi connectivity index (χ1) is 9.97. The highest BCUT2D eigenvalue weighted by Crippen LogP contribution is 2.19. The van der Waals surface area contributed by atoms with Crippen LogP contribution in [-0.2, 0) is 9.53 Å². The van der Waals surface area contributed by atoms with Crippen LogP contribution in [0.1, 0.15) is 15.2 Å². The molecule has 1 atom stereocenters. The summed E-state index contributed by atoms with van der Waals surface area (Å²) in [5.74, 6) is -0.827. The average molecular weight is 312 g/mol. The van der Waals surface area contributed by atoms with Gasteiger partial charge in [-0.05, 0) is 31.0 Å². The molecular weight excluding hydrogens is 292 g/mol. The Balaban J connectivity index is 1.93. The van der Waals surface area contributed by atoms with E-state index in [1.54, 1.807) is 16.8 Å². The molecule has 1 unspecified atom stereocenters. The molecule has 1 aromatic heterocycles. The van der Waals surface area contributed by atoms with E-state index >= 15 is 0 Å². The van der Waals surface area contributed by atoms with E-state index in [0.29, 0.717) is 26.2 Å². The molecule has 0 bridgehead atoms. The van der Waals surface area contributed by atoms with Crippen LogP contribution in [0.25, 0.3) is 0 Å². The molecule has 6 nitrogen and oxygen atoms in total. The van der Waals surface area contributed by atoms with Crippen molar-refractivity contribution in [2.45, 2.75) is 13.0 Å². The van der Waals surface area contributed by atoms with Gasteiger partial charge in [0.1, 0.15) is 0 Å². The number of morpholine rings is 1. The van der Waals surface area contributed by atoms with E-state index in [9.17, 15) is 9.59 Å². The molecule has 7 heteroatoms. The summed E-state index contributed by atoms with van der Waals surface area (Å²) in [6.07, 6.45) is -0.146. The summed E-state index contributed by atoms with van der Waals surface area (Å²) in [6.45, 7) is 3.97. The van der Waals surface area contributed by atoms with Gasteiger partial charge >= 0.3 is 5.97 Å². The van der Waals surface area contributed by atoms with Crippen LogP contribution in [0, 0.1) is 6.92 Å². The van der Waals surface area contributed by atoms with Crippen LogP contribution < -0.4 is 0 Å². The number of rotatable bonds is 5. The first kappa shape index (κ1) is 15.9. The van der Waals surface area contributed by atoms with Crippen molar-refractivity contribution >= 4 is 23.2 Å². The number of carbonyl (C=O) groups excluding carboxylic acids is 1. The van der Waals surface area contributed by atoms with Gasteiger partial charge in [-0.25, -0.2) is 0 Å². The lowest BCUT2D eigenvalue weighted by atomic mass is 10.2. The molecule has 0 aromatic carbocycles. The molecule has 1 N–H and O–H groups in total. The molecule has 2 heterocycles. The zero-order chi connectivity index (χ0) is 15.4. The number of carbonyl (C=O) groups is 2. The van der Waals surface area contributed by atoms with E-state index < -0.39 is 5.97 Å². The number of aliphatic carboxylic acids is 1. The lowest BCUT2D eigenvalue weighted by Gasteiger charge is -2.34. The smallest absolute Gasteiger partial charge is 0.317 e.